The van der Waals surface area contributed by atoms with Crippen LogP contribution in [0, 0.1) is 12.7 Å². The van der Waals surface area contributed by atoms with Crippen molar-refractivity contribution in [3.05, 3.63) is 53.8 Å². The molecule has 8 nitrogen and oxygen atoms in total. The number of carbonyl (C=O) groups excluding carboxylic acids is 1. The van der Waals surface area contributed by atoms with Crippen molar-refractivity contribution in [3.63, 3.8) is 0 Å². The van der Waals surface area contributed by atoms with Crippen LogP contribution in [0.4, 0.5) is 10.1 Å². The van der Waals surface area contributed by atoms with Crippen molar-refractivity contribution in [2.45, 2.75) is 19.8 Å². The van der Waals surface area contributed by atoms with Crippen molar-refractivity contribution in [3.8, 4) is 17.3 Å². The number of amides is 1. The van der Waals surface area contributed by atoms with Crippen LogP contribution in [0.25, 0.3) is 11.4 Å². The first kappa shape index (κ1) is 20.4. The number of halogens is 1. The summed E-state index contributed by atoms with van der Waals surface area (Å²) in [6, 6.07) is 8.11. The predicted octanol–water partition coefficient (Wildman–Crippen LogP) is 3.18. The summed E-state index contributed by atoms with van der Waals surface area (Å²) in [5.41, 5.74) is 1.52. The maximum absolute atomic E-state index is 13.7. The van der Waals surface area contributed by atoms with E-state index in [-0.39, 0.29) is 30.4 Å². The van der Waals surface area contributed by atoms with E-state index in [1.807, 2.05) is 0 Å². The van der Waals surface area contributed by atoms with Crippen molar-refractivity contribution in [2.75, 3.05) is 25.6 Å². The molecule has 2 aromatic heterocycles. The third-order valence-electron chi connectivity index (χ3n) is 4.04. The Morgan fingerprint density at radius 1 is 1.28 bits per heavy atom. The molecule has 1 amide bonds. The van der Waals surface area contributed by atoms with Gasteiger partial charge in [-0.1, -0.05) is 17.3 Å². The van der Waals surface area contributed by atoms with Gasteiger partial charge in [0.05, 0.1) is 6.61 Å². The number of carbonyl (C=O) groups is 1. The first-order valence-corrected chi connectivity index (χ1v) is 9.02. The lowest BCUT2D eigenvalue weighted by molar-refractivity contribution is -0.116. The maximum Gasteiger partial charge on any atom is 0.237 e. The highest BCUT2D eigenvalue weighted by Gasteiger charge is 2.13. The number of nitrogens with zero attached hydrogens (tertiary/aromatic N) is 3. The van der Waals surface area contributed by atoms with Crippen LogP contribution in [-0.2, 0) is 16.0 Å². The van der Waals surface area contributed by atoms with Crippen molar-refractivity contribution in [1.29, 1.82) is 0 Å². The SMILES string of the molecule is COCCOc1ncccc1NC(=O)CCc1nc(-c2ccc(C)c(F)c2)no1. The van der Waals surface area contributed by atoms with Gasteiger partial charge in [0.25, 0.3) is 0 Å². The van der Waals surface area contributed by atoms with Crippen LogP contribution in [0.3, 0.4) is 0 Å². The second-order valence-corrected chi connectivity index (χ2v) is 6.22. The van der Waals surface area contributed by atoms with Gasteiger partial charge >= 0.3 is 0 Å². The number of aromatic nitrogens is 3. The quantitative estimate of drug-likeness (QED) is 0.551. The minimum atomic E-state index is -0.340. The monoisotopic (exact) mass is 400 g/mol. The Bertz CT molecular complexity index is 977. The molecule has 0 aliphatic rings. The zero-order valence-corrected chi connectivity index (χ0v) is 16.1. The van der Waals surface area contributed by atoms with E-state index in [1.165, 1.54) is 6.07 Å². The molecule has 152 valence electrons. The number of methoxy groups -OCH3 is 1. The van der Waals surface area contributed by atoms with Crippen LogP contribution in [0.2, 0.25) is 0 Å². The van der Waals surface area contributed by atoms with E-state index in [4.69, 9.17) is 14.0 Å². The van der Waals surface area contributed by atoms with E-state index in [2.05, 4.69) is 20.4 Å². The molecule has 0 aliphatic heterocycles. The number of ether oxygens (including phenoxy) is 2. The summed E-state index contributed by atoms with van der Waals surface area (Å²) in [6.45, 7) is 2.41. The van der Waals surface area contributed by atoms with Gasteiger partial charge in [0.1, 0.15) is 18.1 Å². The minimum Gasteiger partial charge on any atom is -0.474 e. The summed E-state index contributed by atoms with van der Waals surface area (Å²) in [7, 11) is 1.57. The Morgan fingerprint density at radius 2 is 2.14 bits per heavy atom. The van der Waals surface area contributed by atoms with E-state index in [9.17, 15) is 9.18 Å². The molecule has 0 fully saturated rings. The Hall–Kier alpha value is -3.33. The fraction of sp³-hybridized carbons (Fsp3) is 0.300. The zero-order chi connectivity index (χ0) is 20.6. The van der Waals surface area contributed by atoms with Crippen molar-refractivity contribution in [1.82, 2.24) is 15.1 Å². The molecule has 0 atom stereocenters. The Balaban J connectivity index is 1.56. The number of nitrogens with one attached hydrogen (secondary N) is 1. The van der Waals surface area contributed by atoms with Crippen LogP contribution in [0.5, 0.6) is 5.88 Å². The molecule has 0 radical (unpaired) electrons. The summed E-state index contributed by atoms with van der Waals surface area (Å²) >= 11 is 0. The molecule has 0 saturated heterocycles. The molecule has 1 N–H and O–H groups in total. The number of pyridine rings is 1. The van der Waals surface area contributed by atoms with E-state index >= 15 is 0 Å². The summed E-state index contributed by atoms with van der Waals surface area (Å²) in [5.74, 6) is 0.294. The fourth-order valence-corrected chi connectivity index (χ4v) is 2.46. The standard InChI is InChI=1S/C20H21FN4O4/c1-13-5-6-14(12-15(13)21)19-24-18(29-25-19)8-7-17(26)23-16-4-3-9-22-20(16)28-11-10-27-2/h3-6,9,12H,7-8,10-11H2,1-2H3,(H,23,26). The number of hydrogen-bond donors (Lipinski definition) is 1. The zero-order valence-electron chi connectivity index (χ0n) is 16.1. The lowest BCUT2D eigenvalue weighted by Gasteiger charge is -2.10. The van der Waals surface area contributed by atoms with Crippen LogP contribution in [-0.4, -0.2) is 41.4 Å². The third kappa shape index (κ3) is 5.58. The number of benzene rings is 1. The summed E-state index contributed by atoms with van der Waals surface area (Å²) in [6.07, 6.45) is 1.94. The Morgan fingerprint density at radius 3 is 2.93 bits per heavy atom. The first-order chi connectivity index (χ1) is 14.1. The molecule has 0 spiro atoms. The minimum absolute atomic E-state index is 0.121. The van der Waals surface area contributed by atoms with Gasteiger partial charge in [0.15, 0.2) is 0 Å². The maximum atomic E-state index is 13.7. The topological polar surface area (TPSA) is 99.4 Å². The van der Waals surface area contributed by atoms with Crippen molar-refractivity contribution >= 4 is 11.6 Å². The van der Waals surface area contributed by atoms with Crippen LogP contribution >= 0.6 is 0 Å². The van der Waals surface area contributed by atoms with Crippen LogP contribution < -0.4 is 10.1 Å². The third-order valence-corrected chi connectivity index (χ3v) is 4.04. The summed E-state index contributed by atoms with van der Waals surface area (Å²) in [4.78, 5) is 20.6. The van der Waals surface area contributed by atoms with Crippen molar-refractivity contribution in [2.24, 2.45) is 0 Å². The largest absolute Gasteiger partial charge is 0.474 e. The van der Waals surface area contributed by atoms with E-state index in [1.54, 1.807) is 44.5 Å². The molecule has 0 unspecified atom stereocenters. The number of rotatable bonds is 9. The molecule has 0 aliphatic carbocycles. The fourth-order valence-electron chi connectivity index (χ4n) is 2.46. The van der Waals surface area contributed by atoms with Gasteiger partial charge in [-0.25, -0.2) is 9.37 Å². The summed E-state index contributed by atoms with van der Waals surface area (Å²) in [5, 5.41) is 6.60. The second kappa shape index (κ2) is 9.74. The second-order valence-electron chi connectivity index (χ2n) is 6.22. The molecule has 0 saturated carbocycles. The van der Waals surface area contributed by atoms with Crippen molar-refractivity contribution < 1.29 is 23.2 Å². The predicted molar refractivity (Wildman–Crippen MR) is 103 cm³/mol. The number of anilines is 1. The van der Waals surface area contributed by atoms with Gasteiger partial charge in [-0.3, -0.25) is 4.79 Å². The smallest absolute Gasteiger partial charge is 0.237 e. The molecule has 0 bridgehead atoms. The van der Waals surface area contributed by atoms with Crippen LogP contribution in [0.1, 0.15) is 17.9 Å². The highest BCUT2D eigenvalue weighted by molar-refractivity contribution is 5.91. The molecule has 2 heterocycles. The molecular formula is C20H21FN4O4. The molecule has 1 aromatic carbocycles. The highest BCUT2D eigenvalue weighted by Crippen LogP contribution is 2.22. The lowest BCUT2D eigenvalue weighted by atomic mass is 10.1. The van der Waals surface area contributed by atoms with Gasteiger partial charge in [0.2, 0.25) is 23.5 Å². The van der Waals surface area contributed by atoms with Gasteiger partial charge in [-0.15, -0.1) is 0 Å². The van der Waals surface area contributed by atoms with Gasteiger partial charge < -0.3 is 19.3 Å². The van der Waals surface area contributed by atoms with E-state index in [0.717, 1.165) is 0 Å². The summed E-state index contributed by atoms with van der Waals surface area (Å²) < 4.78 is 29.3. The average molecular weight is 400 g/mol. The number of hydrogen-bond acceptors (Lipinski definition) is 7. The van der Waals surface area contributed by atoms with Gasteiger partial charge in [-0.05, 0) is 30.7 Å². The lowest BCUT2D eigenvalue weighted by Crippen LogP contribution is -2.14. The molecular weight excluding hydrogens is 379 g/mol. The van der Waals surface area contributed by atoms with E-state index < -0.39 is 0 Å². The Kier molecular flexibility index (Phi) is 6.85. The van der Waals surface area contributed by atoms with Crippen LogP contribution in [0.15, 0.2) is 41.1 Å². The molecule has 3 aromatic rings. The van der Waals surface area contributed by atoms with E-state index in [0.29, 0.717) is 41.8 Å². The highest BCUT2D eigenvalue weighted by atomic mass is 19.1. The average Bonchev–Trinajstić information content (AvgIpc) is 3.19. The van der Waals surface area contributed by atoms with Gasteiger partial charge in [0, 0.05) is 31.7 Å². The van der Waals surface area contributed by atoms with Gasteiger partial charge in [-0.2, -0.15) is 4.98 Å². The molecule has 9 heteroatoms. The first-order valence-electron chi connectivity index (χ1n) is 9.02. The molecule has 3 rings (SSSR count). The molecule has 29 heavy (non-hydrogen) atoms. The number of aryl methyl sites for hydroxylation is 2. The normalized spacial score (nSPS) is 10.7. The Labute approximate surface area is 167 Å².